The van der Waals surface area contributed by atoms with E-state index in [1.54, 1.807) is 18.0 Å². The summed E-state index contributed by atoms with van der Waals surface area (Å²) < 4.78 is 14.6. The van der Waals surface area contributed by atoms with Crippen LogP contribution in [0.2, 0.25) is 0 Å². The molecule has 0 amide bonds. The topological polar surface area (TPSA) is 68.9 Å². The molecule has 0 fully saturated rings. The predicted octanol–water partition coefficient (Wildman–Crippen LogP) is 7.22. The van der Waals surface area contributed by atoms with Crippen LogP contribution in [0.15, 0.2) is 42.6 Å². The summed E-state index contributed by atoms with van der Waals surface area (Å²) in [7, 11) is 0. The number of hydrogen-bond donors (Lipinski definition) is 3. The van der Waals surface area contributed by atoms with E-state index in [0.29, 0.717) is 22.3 Å². The van der Waals surface area contributed by atoms with Crippen molar-refractivity contribution >= 4 is 34.7 Å². The van der Waals surface area contributed by atoms with Crippen LogP contribution in [0.25, 0.3) is 39.4 Å². The Hall–Kier alpha value is -3.25. The van der Waals surface area contributed by atoms with Crippen molar-refractivity contribution in [1.29, 1.82) is 0 Å². The van der Waals surface area contributed by atoms with Crippen molar-refractivity contribution in [1.82, 2.24) is 9.97 Å². The van der Waals surface area contributed by atoms with Gasteiger partial charge in [-0.3, -0.25) is 0 Å². The third-order valence-corrected chi connectivity index (χ3v) is 6.93. The van der Waals surface area contributed by atoms with Crippen molar-refractivity contribution < 1.29 is 14.3 Å². The molecule has 0 saturated heterocycles. The summed E-state index contributed by atoms with van der Waals surface area (Å²) >= 11 is 1.71. The molecule has 0 unspecified atom stereocenters. The highest BCUT2D eigenvalue weighted by molar-refractivity contribution is 7.97. The first kappa shape index (κ1) is 21.6. The number of rotatable bonds is 6. The second kappa shape index (κ2) is 8.27. The number of carboxylic acids is 1. The summed E-state index contributed by atoms with van der Waals surface area (Å²) in [5.41, 5.74) is 8.13. The molecular formula is C27H25FN2O2S. The minimum Gasteiger partial charge on any atom is -0.477 e. The third-order valence-electron chi connectivity index (χ3n) is 6.33. The number of hydrogen-bond acceptors (Lipinski definition) is 2. The maximum absolute atomic E-state index is 14.6. The molecule has 2 aromatic heterocycles. The Kier molecular flexibility index (Phi) is 5.41. The van der Waals surface area contributed by atoms with Crippen LogP contribution in [0.1, 0.15) is 52.5 Å². The minimum atomic E-state index is -1.02. The van der Waals surface area contributed by atoms with E-state index >= 15 is 0 Å². The number of H-pyrrole nitrogens is 2. The summed E-state index contributed by atoms with van der Waals surface area (Å²) in [4.78, 5) is 18.8. The molecule has 0 radical (unpaired) electrons. The molecule has 1 aliphatic rings. The van der Waals surface area contributed by atoms with E-state index < -0.39 is 5.97 Å². The summed E-state index contributed by atoms with van der Waals surface area (Å²) in [5.74, 6) is -0.598. The quantitative estimate of drug-likeness (QED) is 0.284. The summed E-state index contributed by atoms with van der Waals surface area (Å²) in [6.07, 6.45) is 8.88. The molecule has 168 valence electrons. The van der Waals surface area contributed by atoms with E-state index in [2.05, 4.69) is 48.1 Å². The maximum atomic E-state index is 14.6. The molecule has 4 aromatic rings. The molecule has 6 heteroatoms. The Morgan fingerprint density at radius 1 is 1.21 bits per heavy atom. The zero-order valence-corrected chi connectivity index (χ0v) is 19.6. The monoisotopic (exact) mass is 460 g/mol. The largest absolute Gasteiger partial charge is 0.477 e. The second-order valence-corrected chi connectivity index (χ2v) is 9.59. The fourth-order valence-electron chi connectivity index (χ4n) is 5.01. The fourth-order valence-corrected chi connectivity index (χ4v) is 5.57. The van der Waals surface area contributed by atoms with E-state index in [1.165, 1.54) is 17.7 Å². The number of nitrogens with one attached hydrogen (secondary N) is 2. The lowest BCUT2D eigenvalue weighted by atomic mass is 9.85. The molecule has 3 N–H and O–H groups in total. The van der Waals surface area contributed by atoms with E-state index in [4.69, 9.17) is 0 Å². The molecule has 5 rings (SSSR count). The van der Waals surface area contributed by atoms with Crippen LogP contribution in [0.4, 0.5) is 4.39 Å². The zero-order chi connectivity index (χ0) is 23.3. The number of carbonyl (C=O) groups is 1. The lowest BCUT2D eigenvalue weighted by molar-refractivity contribution is 0.0692. The lowest BCUT2D eigenvalue weighted by Gasteiger charge is -2.18. The number of fused-ring (bicyclic) bond motifs is 2. The van der Waals surface area contributed by atoms with Gasteiger partial charge in [0, 0.05) is 34.0 Å². The predicted molar refractivity (Wildman–Crippen MR) is 134 cm³/mol. The number of aromatic carboxylic acids is 1. The van der Waals surface area contributed by atoms with Gasteiger partial charge in [-0.05, 0) is 64.6 Å². The van der Waals surface area contributed by atoms with Gasteiger partial charge in [0.2, 0.25) is 0 Å². The van der Waals surface area contributed by atoms with Crippen molar-refractivity contribution in [2.75, 3.05) is 6.26 Å². The fraction of sp³-hybridized carbons (Fsp3) is 0.222. The Bertz CT molecular complexity index is 1430. The lowest BCUT2D eigenvalue weighted by Crippen LogP contribution is -2.04. The molecule has 2 aromatic carbocycles. The molecule has 0 spiro atoms. The molecular weight excluding hydrogens is 435 g/mol. The van der Waals surface area contributed by atoms with E-state index in [-0.39, 0.29) is 17.4 Å². The molecule has 33 heavy (non-hydrogen) atoms. The van der Waals surface area contributed by atoms with Gasteiger partial charge < -0.3 is 15.1 Å². The van der Waals surface area contributed by atoms with Crippen LogP contribution in [0.5, 0.6) is 0 Å². The van der Waals surface area contributed by atoms with Gasteiger partial charge in [-0.15, -0.1) is 0 Å². The van der Waals surface area contributed by atoms with Crippen molar-refractivity contribution in [3.05, 3.63) is 76.4 Å². The summed E-state index contributed by atoms with van der Waals surface area (Å²) in [5, 5.41) is 11.1. The second-order valence-electron chi connectivity index (χ2n) is 8.73. The van der Waals surface area contributed by atoms with Crippen LogP contribution in [0, 0.1) is 5.82 Å². The van der Waals surface area contributed by atoms with E-state index in [0.717, 1.165) is 39.8 Å². The standard InChI is InChI=1S/C27H25FN2O2S/c1-14(2)22-24(23-16(13-33-3)8-7-15-5-4-6-18(15)23)26(27(31)32)30-25(22)20-11-17(28)12-21-19(20)9-10-29-21/h4,6-12,14,29-30H,5,13H2,1-3H3,(H,31,32). The van der Waals surface area contributed by atoms with Gasteiger partial charge in [0.05, 0.1) is 5.69 Å². The highest BCUT2D eigenvalue weighted by Gasteiger charge is 2.30. The third kappa shape index (κ3) is 3.49. The van der Waals surface area contributed by atoms with Gasteiger partial charge in [0.15, 0.2) is 0 Å². The van der Waals surface area contributed by atoms with Crippen LogP contribution in [-0.4, -0.2) is 27.3 Å². The first-order valence-corrected chi connectivity index (χ1v) is 12.4. The number of halogens is 1. The van der Waals surface area contributed by atoms with Crippen molar-refractivity contribution in [3.63, 3.8) is 0 Å². The normalized spacial score (nSPS) is 12.8. The van der Waals surface area contributed by atoms with Crippen molar-refractivity contribution in [3.8, 4) is 22.4 Å². The Balaban J connectivity index is 1.91. The van der Waals surface area contributed by atoms with Crippen LogP contribution in [-0.2, 0) is 12.2 Å². The van der Waals surface area contributed by atoms with Crippen LogP contribution >= 0.6 is 11.8 Å². The highest BCUT2D eigenvalue weighted by Crippen LogP contribution is 2.46. The first-order valence-electron chi connectivity index (χ1n) is 11.0. The molecule has 4 nitrogen and oxygen atoms in total. The molecule has 1 aliphatic carbocycles. The van der Waals surface area contributed by atoms with Crippen LogP contribution in [0.3, 0.4) is 0 Å². The van der Waals surface area contributed by atoms with Gasteiger partial charge in [0.25, 0.3) is 0 Å². The van der Waals surface area contributed by atoms with Gasteiger partial charge in [-0.25, -0.2) is 9.18 Å². The highest BCUT2D eigenvalue weighted by atomic mass is 32.2. The number of thioether (sulfide) groups is 1. The van der Waals surface area contributed by atoms with Gasteiger partial charge >= 0.3 is 5.97 Å². The SMILES string of the molecule is CSCc1ccc2c(c1-c1c(C(=O)O)[nH]c(-c3cc(F)cc4[nH]ccc34)c1C(C)C)C=CC2. The number of aromatic amines is 2. The Labute approximate surface area is 195 Å². The minimum absolute atomic E-state index is 0.0139. The number of allylic oxidation sites excluding steroid dienone is 1. The van der Waals surface area contributed by atoms with Gasteiger partial charge in [-0.1, -0.05) is 38.1 Å². The number of benzene rings is 2. The molecule has 2 heterocycles. The zero-order valence-electron chi connectivity index (χ0n) is 18.8. The molecule has 0 atom stereocenters. The van der Waals surface area contributed by atoms with Crippen LogP contribution < -0.4 is 0 Å². The number of aromatic nitrogens is 2. The van der Waals surface area contributed by atoms with Gasteiger partial charge in [0.1, 0.15) is 11.5 Å². The Morgan fingerprint density at radius 2 is 2.03 bits per heavy atom. The molecule has 0 bridgehead atoms. The maximum Gasteiger partial charge on any atom is 0.352 e. The average molecular weight is 461 g/mol. The molecule has 0 aliphatic heterocycles. The van der Waals surface area contributed by atoms with Gasteiger partial charge in [-0.2, -0.15) is 11.8 Å². The van der Waals surface area contributed by atoms with E-state index in [1.807, 2.05) is 12.3 Å². The van der Waals surface area contributed by atoms with E-state index in [9.17, 15) is 14.3 Å². The summed E-state index contributed by atoms with van der Waals surface area (Å²) in [6.45, 7) is 4.12. The average Bonchev–Trinajstić information content (AvgIpc) is 3.50. The summed E-state index contributed by atoms with van der Waals surface area (Å²) in [6, 6.07) is 9.11. The Morgan fingerprint density at radius 3 is 2.76 bits per heavy atom. The smallest absolute Gasteiger partial charge is 0.352 e. The van der Waals surface area contributed by atoms with Crippen molar-refractivity contribution in [2.45, 2.75) is 31.9 Å². The first-order chi connectivity index (χ1) is 15.9. The number of carboxylic acid groups (broad SMARTS) is 1. The van der Waals surface area contributed by atoms with Crippen molar-refractivity contribution in [2.24, 2.45) is 0 Å². The molecule has 0 saturated carbocycles.